The number of carbonyl (C=O) groups is 2. The number of methoxy groups -OCH3 is 1. The lowest BCUT2D eigenvalue weighted by Gasteiger charge is -2.12. The normalized spacial score (nSPS) is 16.6. The second-order valence-corrected chi connectivity index (χ2v) is 6.51. The van der Waals surface area contributed by atoms with Crippen LogP contribution in [-0.4, -0.2) is 18.3 Å². The number of nitrogens with zero attached hydrogens (tertiary/aromatic N) is 1. The van der Waals surface area contributed by atoms with Gasteiger partial charge in [0.15, 0.2) is 0 Å². The molecule has 5 heteroatoms. The van der Waals surface area contributed by atoms with Crippen LogP contribution in [0.1, 0.15) is 12.5 Å². The Labute approximate surface area is 150 Å². The first kappa shape index (κ1) is 17.0. The number of thioether (sulfide) groups is 1. The summed E-state index contributed by atoms with van der Waals surface area (Å²) < 4.78 is 5.10. The van der Waals surface area contributed by atoms with Crippen molar-refractivity contribution in [3.05, 3.63) is 76.7 Å². The van der Waals surface area contributed by atoms with Gasteiger partial charge >= 0.3 is 0 Å². The monoisotopic (exact) mass is 351 g/mol. The first-order valence-electron chi connectivity index (χ1n) is 7.74. The van der Waals surface area contributed by atoms with E-state index in [-0.39, 0.29) is 11.1 Å². The van der Waals surface area contributed by atoms with Crippen molar-refractivity contribution in [3.8, 4) is 5.75 Å². The fourth-order valence-corrected chi connectivity index (χ4v) is 3.37. The molecule has 1 saturated heterocycles. The standard InChI is InChI=1S/C20H17NO3S/c1-14(12-15-6-4-3-5-7-15)13-18-19(22)21(20(23)25-18)16-8-10-17(24-2)11-9-16/h3-13H,1-2H3/b14-12+,18-13-. The Kier molecular flexibility index (Phi) is 5.05. The number of hydrogen-bond acceptors (Lipinski definition) is 4. The highest BCUT2D eigenvalue weighted by atomic mass is 32.2. The van der Waals surface area contributed by atoms with Crippen molar-refractivity contribution in [1.82, 2.24) is 0 Å². The highest BCUT2D eigenvalue weighted by Gasteiger charge is 2.36. The van der Waals surface area contributed by atoms with E-state index in [0.29, 0.717) is 16.3 Å². The molecule has 0 N–H and O–H groups in total. The summed E-state index contributed by atoms with van der Waals surface area (Å²) in [4.78, 5) is 26.5. The Morgan fingerprint density at radius 2 is 1.72 bits per heavy atom. The van der Waals surface area contributed by atoms with Crippen molar-refractivity contribution >= 4 is 34.7 Å². The second-order valence-electron chi connectivity index (χ2n) is 5.51. The SMILES string of the molecule is COc1ccc(N2C(=O)S/C(=C\C(C)=C\c3ccccc3)C2=O)cc1. The topological polar surface area (TPSA) is 46.6 Å². The second kappa shape index (κ2) is 7.40. The van der Waals surface area contributed by atoms with Gasteiger partial charge in [-0.2, -0.15) is 0 Å². The van der Waals surface area contributed by atoms with Crippen LogP contribution in [0.25, 0.3) is 6.08 Å². The average molecular weight is 351 g/mol. The molecule has 126 valence electrons. The Morgan fingerprint density at radius 3 is 2.36 bits per heavy atom. The molecule has 4 nitrogen and oxygen atoms in total. The fraction of sp³-hybridized carbons (Fsp3) is 0.100. The number of amides is 2. The lowest BCUT2D eigenvalue weighted by atomic mass is 10.1. The number of ether oxygens (including phenoxy) is 1. The number of carbonyl (C=O) groups excluding carboxylic acids is 2. The number of allylic oxidation sites excluding steroid dienone is 2. The fourth-order valence-electron chi connectivity index (χ4n) is 2.48. The van der Waals surface area contributed by atoms with Gasteiger partial charge in [0.1, 0.15) is 5.75 Å². The molecule has 1 aliphatic rings. The summed E-state index contributed by atoms with van der Waals surface area (Å²) in [5.74, 6) is 0.369. The lowest BCUT2D eigenvalue weighted by molar-refractivity contribution is -0.113. The van der Waals surface area contributed by atoms with Gasteiger partial charge in [0.2, 0.25) is 0 Å². The molecule has 0 radical (unpaired) electrons. The zero-order chi connectivity index (χ0) is 17.8. The Hall–Kier alpha value is -2.79. The van der Waals surface area contributed by atoms with E-state index >= 15 is 0 Å². The van der Waals surface area contributed by atoms with Crippen molar-refractivity contribution in [1.29, 1.82) is 0 Å². The Balaban J connectivity index is 1.84. The molecule has 0 aliphatic carbocycles. The molecule has 3 rings (SSSR count). The summed E-state index contributed by atoms with van der Waals surface area (Å²) in [5, 5.41) is -0.297. The zero-order valence-corrected chi connectivity index (χ0v) is 14.7. The van der Waals surface area contributed by atoms with Crippen molar-refractivity contribution in [2.24, 2.45) is 0 Å². The van der Waals surface area contributed by atoms with Crippen LogP contribution in [0.15, 0.2) is 71.2 Å². The Morgan fingerprint density at radius 1 is 1.04 bits per heavy atom. The van der Waals surface area contributed by atoms with Crippen LogP contribution in [-0.2, 0) is 4.79 Å². The van der Waals surface area contributed by atoms with Crippen LogP contribution in [0, 0.1) is 0 Å². The van der Waals surface area contributed by atoms with Gasteiger partial charge < -0.3 is 4.74 Å². The van der Waals surface area contributed by atoms with Gasteiger partial charge in [-0.25, -0.2) is 4.90 Å². The maximum Gasteiger partial charge on any atom is 0.298 e. The van der Waals surface area contributed by atoms with Crippen LogP contribution in [0.5, 0.6) is 5.75 Å². The van der Waals surface area contributed by atoms with Gasteiger partial charge in [0.05, 0.1) is 17.7 Å². The largest absolute Gasteiger partial charge is 0.497 e. The minimum Gasteiger partial charge on any atom is -0.497 e. The van der Waals surface area contributed by atoms with E-state index in [1.807, 2.05) is 43.3 Å². The molecule has 1 heterocycles. The smallest absolute Gasteiger partial charge is 0.298 e. The summed E-state index contributed by atoms with van der Waals surface area (Å²) in [7, 11) is 1.57. The van der Waals surface area contributed by atoms with E-state index in [1.54, 1.807) is 37.5 Å². The van der Waals surface area contributed by atoms with Crippen molar-refractivity contribution in [3.63, 3.8) is 0 Å². The van der Waals surface area contributed by atoms with Crippen LogP contribution < -0.4 is 9.64 Å². The van der Waals surface area contributed by atoms with Crippen molar-refractivity contribution < 1.29 is 14.3 Å². The van der Waals surface area contributed by atoms with Gasteiger partial charge in [0, 0.05) is 0 Å². The molecular formula is C20H17NO3S. The van der Waals surface area contributed by atoms with Crippen LogP contribution in [0.3, 0.4) is 0 Å². The molecule has 0 saturated carbocycles. The summed E-state index contributed by atoms with van der Waals surface area (Å²) >= 11 is 0.952. The summed E-state index contributed by atoms with van der Waals surface area (Å²) in [5.41, 5.74) is 2.49. The third-order valence-corrected chi connectivity index (χ3v) is 4.55. The third-order valence-electron chi connectivity index (χ3n) is 3.68. The highest BCUT2D eigenvalue weighted by molar-refractivity contribution is 8.18. The third kappa shape index (κ3) is 3.83. The summed E-state index contributed by atoms with van der Waals surface area (Å²) in [6, 6.07) is 16.7. The van der Waals surface area contributed by atoms with E-state index in [9.17, 15) is 9.59 Å². The predicted octanol–water partition coefficient (Wildman–Crippen LogP) is 4.88. The molecular weight excluding hydrogens is 334 g/mol. The molecule has 0 spiro atoms. The average Bonchev–Trinajstić information content (AvgIpc) is 2.89. The number of benzene rings is 2. The first-order valence-corrected chi connectivity index (χ1v) is 8.55. The maximum atomic E-state index is 12.6. The quantitative estimate of drug-likeness (QED) is 0.736. The zero-order valence-electron chi connectivity index (χ0n) is 13.9. The molecule has 0 unspecified atom stereocenters. The van der Waals surface area contributed by atoms with Crippen molar-refractivity contribution in [2.45, 2.75) is 6.92 Å². The number of anilines is 1. The van der Waals surface area contributed by atoms with Crippen LogP contribution in [0.2, 0.25) is 0 Å². The molecule has 0 atom stereocenters. The number of imide groups is 1. The highest BCUT2D eigenvalue weighted by Crippen LogP contribution is 2.35. The van der Waals surface area contributed by atoms with E-state index < -0.39 is 0 Å². The number of rotatable bonds is 4. The Bertz CT molecular complexity index is 854. The lowest BCUT2D eigenvalue weighted by Crippen LogP contribution is -2.27. The summed E-state index contributed by atoms with van der Waals surface area (Å²) in [6.07, 6.45) is 3.72. The molecule has 0 aromatic heterocycles. The van der Waals surface area contributed by atoms with E-state index in [0.717, 1.165) is 22.9 Å². The van der Waals surface area contributed by atoms with E-state index in [1.165, 1.54) is 4.90 Å². The maximum absolute atomic E-state index is 12.6. The minimum absolute atomic E-state index is 0.297. The molecule has 2 aromatic carbocycles. The van der Waals surface area contributed by atoms with Gasteiger partial charge in [0.25, 0.3) is 11.1 Å². The molecule has 25 heavy (non-hydrogen) atoms. The summed E-state index contributed by atoms with van der Waals surface area (Å²) in [6.45, 7) is 1.91. The van der Waals surface area contributed by atoms with Gasteiger partial charge in [-0.1, -0.05) is 36.4 Å². The van der Waals surface area contributed by atoms with Gasteiger partial charge in [-0.3, -0.25) is 9.59 Å². The first-order chi connectivity index (χ1) is 12.1. The van der Waals surface area contributed by atoms with E-state index in [2.05, 4.69) is 0 Å². The molecule has 2 amide bonds. The molecule has 1 aliphatic heterocycles. The van der Waals surface area contributed by atoms with E-state index in [4.69, 9.17) is 4.74 Å². The van der Waals surface area contributed by atoms with Crippen LogP contribution in [0.4, 0.5) is 10.5 Å². The predicted molar refractivity (Wildman–Crippen MR) is 102 cm³/mol. The molecule has 0 bridgehead atoms. The van der Waals surface area contributed by atoms with Gasteiger partial charge in [-0.05, 0) is 60.2 Å². The van der Waals surface area contributed by atoms with Crippen molar-refractivity contribution in [2.75, 3.05) is 12.0 Å². The van der Waals surface area contributed by atoms with Crippen LogP contribution >= 0.6 is 11.8 Å². The molecule has 2 aromatic rings. The number of hydrogen-bond donors (Lipinski definition) is 0. The van der Waals surface area contributed by atoms with Gasteiger partial charge in [-0.15, -0.1) is 0 Å². The minimum atomic E-state index is -0.305. The molecule has 1 fully saturated rings.